The van der Waals surface area contributed by atoms with Gasteiger partial charge in [0.05, 0.1) is 40.0 Å². The van der Waals surface area contributed by atoms with E-state index in [0.717, 1.165) is 21.7 Å². The van der Waals surface area contributed by atoms with Gasteiger partial charge in [-0.1, -0.05) is 63.6 Å². The molecule has 15 heteroatoms. The molecule has 55 heavy (non-hydrogen) atoms. The van der Waals surface area contributed by atoms with Gasteiger partial charge in [0.2, 0.25) is 29.5 Å². The SMILES string of the molecule is Cc1ncsc1-c1ccc([C@H](C)NC(=O)[C@@H]2C[C@@H](O)CN2C(=O)[C@@H](NC(=O)CCCCCc2cccc(NC(=O)[C@@H](N)CCC(N)=O)c2F)C(C)(C)C)cc1. The minimum absolute atomic E-state index is 0.0121. The zero-order valence-corrected chi connectivity index (χ0v) is 33.0. The van der Waals surface area contributed by atoms with E-state index in [1.54, 1.807) is 29.0 Å². The number of benzene rings is 2. The van der Waals surface area contributed by atoms with Crippen molar-refractivity contribution < 1.29 is 33.5 Å². The van der Waals surface area contributed by atoms with E-state index in [9.17, 15) is 29.1 Å². The summed E-state index contributed by atoms with van der Waals surface area (Å²) >= 11 is 1.56. The third-order valence-corrected chi connectivity index (χ3v) is 10.8. The molecule has 1 aromatic heterocycles. The van der Waals surface area contributed by atoms with Crippen LogP contribution in [0.3, 0.4) is 0 Å². The van der Waals surface area contributed by atoms with Crippen LogP contribution in [0.15, 0.2) is 48.0 Å². The molecular formula is C40H54FN7O6S. The molecule has 2 heterocycles. The molecular weight excluding hydrogens is 726 g/mol. The summed E-state index contributed by atoms with van der Waals surface area (Å²) in [6, 6.07) is 9.32. The number of aromatic nitrogens is 1. The summed E-state index contributed by atoms with van der Waals surface area (Å²) in [6.45, 7) is 9.28. The highest BCUT2D eigenvalue weighted by Gasteiger charge is 2.44. The predicted octanol–water partition coefficient (Wildman–Crippen LogP) is 4.26. The van der Waals surface area contributed by atoms with E-state index >= 15 is 4.39 Å². The van der Waals surface area contributed by atoms with Crippen molar-refractivity contribution in [1.29, 1.82) is 0 Å². The molecule has 1 aliphatic rings. The maximum absolute atomic E-state index is 15.1. The number of β-amino-alcohol motifs (C(OH)–C–C–N with tert-alkyl or cyclic N) is 1. The fourth-order valence-corrected chi connectivity index (χ4v) is 7.36. The van der Waals surface area contributed by atoms with E-state index < -0.39 is 53.2 Å². The molecule has 1 saturated heterocycles. The molecule has 1 aliphatic heterocycles. The van der Waals surface area contributed by atoms with Crippen LogP contribution in [0, 0.1) is 18.2 Å². The molecule has 3 aromatic rings. The molecule has 0 spiro atoms. The van der Waals surface area contributed by atoms with E-state index in [-0.39, 0.29) is 55.8 Å². The number of aryl methyl sites for hydroxylation is 2. The molecule has 13 nitrogen and oxygen atoms in total. The molecule has 0 saturated carbocycles. The van der Waals surface area contributed by atoms with Crippen LogP contribution in [-0.2, 0) is 30.4 Å². The van der Waals surface area contributed by atoms with Crippen molar-refractivity contribution in [3.63, 3.8) is 0 Å². The topological polar surface area (TPSA) is 210 Å². The maximum atomic E-state index is 15.1. The second kappa shape index (κ2) is 19.2. The Hall–Kier alpha value is -4.73. The molecule has 1 fully saturated rings. The number of primary amides is 1. The van der Waals surface area contributed by atoms with Crippen molar-refractivity contribution in [2.24, 2.45) is 16.9 Å². The van der Waals surface area contributed by atoms with Crippen LogP contribution in [0.1, 0.15) is 95.5 Å². The van der Waals surface area contributed by atoms with Crippen molar-refractivity contribution in [3.05, 3.63) is 70.6 Å². The molecule has 0 radical (unpaired) electrons. The van der Waals surface area contributed by atoms with Gasteiger partial charge in [-0.2, -0.15) is 0 Å². The summed E-state index contributed by atoms with van der Waals surface area (Å²) in [7, 11) is 0. The number of aliphatic hydroxyl groups excluding tert-OH is 1. The fraction of sp³-hybridized carbons (Fsp3) is 0.500. The van der Waals surface area contributed by atoms with Gasteiger partial charge in [0.15, 0.2) is 0 Å². The first-order valence-corrected chi connectivity index (χ1v) is 19.5. The maximum Gasteiger partial charge on any atom is 0.246 e. The number of likely N-dealkylation sites (tertiary alicyclic amines) is 1. The van der Waals surface area contributed by atoms with Crippen LogP contribution in [0.5, 0.6) is 0 Å². The first kappa shape index (κ1) is 43.0. The quantitative estimate of drug-likeness (QED) is 0.109. The molecule has 5 atom stereocenters. The second-order valence-corrected chi connectivity index (χ2v) is 16.2. The number of carbonyl (C=O) groups excluding carboxylic acids is 5. The molecule has 8 N–H and O–H groups in total. The Balaban J connectivity index is 1.28. The predicted molar refractivity (Wildman–Crippen MR) is 210 cm³/mol. The lowest BCUT2D eigenvalue weighted by molar-refractivity contribution is -0.144. The van der Waals surface area contributed by atoms with Gasteiger partial charge < -0.3 is 37.4 Å². The van der Waals surface area contributed by atoms with Crippen LogP contribution in [-0.4, -0.2) is 75.3 Å². The zero-order valence-electron chi connectivity index (χ0n) is 32.2. The minimum Gasteiger partial charge on any atom is -0.391 e. The number of hydrogen-bond acceptors (Lipinski definition) is 9. The van der Waals surface area contributed by atoms with Gasteiger partial charge >= 0.3 is 0 Å². The van der Waals surface area contributed by atoms with Crippen molar-refractivity contribution in [2.45, 2.75) is 116 Å². The summed E-state index contributed by atoms with van der Waals surface area (Å²) in [4.78, 5) is 70.8. The highest BCUT2D eigenvalue weighted by molar-refractivity contribution is 7.13. The van der Waals surface area contributed by atoms with Crippen molar-refractivity contribution in [2.75, 3.05) is 11.9 Å². The Bertz CT molecular complexity index is 1830. The monoisotopic (exact) mass is 779 g/mol. The Labute approximate surface area is 325 Å². The smallest absolute Gasteiger partial charge is 0.246 e. The van der Waals surface area contributed by atoms with E-state index in [0.29, 0.717) is 31.2 Å². The molecule has 5 amide bonds. The van der Waals surface area contributed by atoms with Gasteiger partial charge in [0.25, 0.3) is 0 Å². The number of amides is 5. The molecule has 298 valence electrons. The number of rotatable bonds is 17. The summed E-state index contributed by atoms with van der Waals surface area (Å²) in [6.07, 6.45) is 1.33. The van der Waals surface area contributed by atoms with Crippen LogP contribution in [0.2, 0.25) is 0 Å². The van der Waals surface area contributed by atoms with Crippen LogP contribution >= 0.6 is 11.3 Å². The van der Waals surface area contributed by atoms with E-state index in [1.165, 1.54) is 11.0 Å². The number of nitrogens with two attached hydrogens (primary N) is 2. The normalized spacial score (nSPS) is 17.3. The number of unbranched alkanes of at least 4 members (excludes halogenated alkanes) is 2. The minimum atomic E-state index is -1.01. The van der Waals surface area contributed by atoms with E-state index in [2.05, 4.69) is 20.9 Å². The first-order chi connectivity index (χ1) is 26.0. The summed E-state index contributed by atoms with van der Waals surface area (Å²) in [5.74, 6) is -2.93. The van der Waals surface area contributed by atoms with Gasteiger partial charge in [-0.05, 0) is 67.7 Å². The average molecular weight is 780 g/mol. The average Bonchev–Trinajstić information content (AvgIpc) is 3.75. The van der Waals surface area contributed by atoms with Crippen LogP contribution in [0.25, 0.3) is 10.4 Å². The van der Waals surface area contributed by atoms with Gasteiger partial charge in [-0.3, -0.25) is 24.0 Å². The summed E-state index contributed by atoms with van der Waals surface area (Å²) in [5, 5.41) is 18.9. The standard InChI is InChI=1S/C40H54FN7O6S/c1-23(25-14-16-27(17-15-25)35-24(2)44-22-55-35)45-38(53)31-20-28(49)21-48(31)39(54)36(40(3,4)5)47-33(51)13-8-6-7-10-26-11-9-12-30(34(26)41)46-37(52)29(42)18-19-32(43)50/h9,11-12,14-17,22-23,28-29,31,36,49H,6-8,10,13,18-21,42H2,1-5H3,(H2,43,50)(H,45,53)(H,46,52)(H,47,51)/t23-,28+,29-,31-,36+/m0/s1. The van der Waals surface area contributed by atoms with Crippen LogP contribution < -0.4 is 27.4 Å². The lowest BCUT2D eigenvalue weighted by atomic mass is 9.85. The fourth-order valence-electron chi connectivity index (χ4n) is 6.55. The third-order valence-electron chi connectivity index (χ3n) is 9.79. The van der Waals surface area contributed by atoms with Gasteiger partial charge in [0.1, 0.15) is 17.9 Å². The van der Waals surface area contributed by atoms with Crippen LogP contribution in [0.4, 0.5) is 10.1 Å². The third kappa shape index (κ3) is 11.9. The lowest BCUT2D eigenvalue weighted by Crippen LogP contribution is -2.57. The molecule has 0 unspecified atom stereocenters. The molecule has 4 rings (SSSR count). The highest BCUT2D eigenvalue weighted by atomic mass is 32.1. The van der Waals surface area contributed by atoms with Crippen molar-refractivity contribution in [1.82, 2.24) is 20.5 Å². The number of aliphatic hydroxyl groups is 1. The first-order valence-electron chi connectivity index (χ1n) is 18.7. The number of nitrogens with zero attached hydrogens (tertiary/aromatic N) is 2. The van der Waals surface area contributed by atoms with Crippen molar-refractivity contribution in [3.8, 4) is 10.4 Å². The van der Waals surface area contributed by atoms with Gasteiger partial charge in [-0.25, -0.2) is 9.37 Å². The number of carbonyl (C=O) groups is 5. The Kier molecular flexibility index (Phi) is 15.0. The second-order valence-electron chi connectivity index (χ2n) is 15.3. The number of hydrogen-bond donors (Lipinski definition) is 6. The van der Waals surface area contributed by atoms with E-state index in [4.69, 9.17) is 11.5 Å². The summed E-state index contributed by atoms with van der Waals surface area (Å²) in [5.41, 5.74) is 15.3. The molecule has 0 bridgehead atoms. The number of halogens is 1. The zero-order chi connectivity index (χ0) is 40.4. The van der Waals surface area contributed by atoms with Gasteiger partial charge in [-0.15, -0.1) is 11.3 Å². The van der Waals surface area contributed by atoms with E-state index in [1.807, 2.05) is 58.9 Å². The lowest BCUT2D eigenvalue weighted by Gasteiger charge is -2.35. The highest BCUT2D eigenvalue weighted by Crippen LogP contribution is 2.30. The largest absolute Gasteiger partial charge is 0.391 e. The Morgan fingerprint density at radius 3 is 2.38 bits per heavy atom. The number of nitrogens with one attached hydrogen (secondary N) is 3. The Morgan fingerprint density at radius 2 is 1.75 bits per heavy atom. The summed E-state index contributed by atoms with van der Waals surface area (Å²) < 4.78 is 15.1. The van der Waals surface area contributed by atoms with Crippen molar-refractivity contribution >= 4 is 46.6 Å². The number of anilines is 1. The molecule has 0 aliphatic carbocycles. The Morgan fingerprint density at radius 1 is 1.04 bits per heavy atom. The molecule has 2 aromatic carbocycles. The number of thiazole rings is 1. The van der Waals surface area contributed by atoms with Gasteiger partial charge in [0, 0.05) is 25.8 Å².